The van der Waals surface area contributed by atoms with Crippen LogP contribution in [0.25, 0.3) is 0 Å². The van der Waals surface area contributed by atoms with Crippen LogP contribution in [0, 0.1) is 0 Å². The molecule has 1 atom stereocenters. The molecule has 2 aromatic rings. The summed E-state index contributed by atoms with van der Waals surface area (Å²) in [5.74, 6) is -0.635. The minimum Gasteiger partial charge on any atom is -0.340 e. The van der Waals surface area contributed by atoms with Crippen LogP contribution >= 0.6 is 11.6 Å². The minimum absolute atomic E-state index is 0.0546. The summed E-state index contributed by atoms with van der Waals surface area (Å²) in [5.41, 5.74) is 0.857. The Hall–Kier alpha value is -2.93. The molecule has 1 aromatic carbocycles. The highest BCUT2D eigenvalue weighted by Gasteiger charge is 2.27. The number of benzene rings is 1. The Bertz CT molecular complexity index is 823. The number of carbonyl (C=O) groups excluding carboxylic acids is 3. The van der Waals surface area contributed by atoms with E-state index in [-0.39, 0.29) is 30.6 Å². The van der Waals surface area contributed by atoms with Crippen LogP contribution in [0.1, 0.15) is 23.2 Å². The molecular formula is C17H15ClN4O3. The molecule has 0 fully saturated rings. The highest BCUT2D eigenvalue weighted by atomic mass is 35.5. The third kappa shape index (κ3) is 4.13. The Balaban J connectivity index is 1.59. The van der Waals surface area contributed by atoms with E-state index in [0.717, 1.165) is 0 Å². The zero-order valence-corrected chi connectivity index (χ0v) is 13.8. The van der Waals surface area contributed by atoms with Crippen LogP contribution in [0.15, 0.2) is 42.6 Å². The fourth-order valence-electron chi connectivity index (χ4n) is 2.45. The van der Waals surface area contributed by atoms with Crippen LogP contribution in [0.5, 0.6) is 0 Å². The smallest absolute Gasteiger partial charge is 0.254 e. The van der Waals surface area contributed by atoms with Crippen molar-refractivity contribution in [1.29, 1.82) is 0 Å². The molecule has 0 bridgehead atoms. The van der Waals surface area contributed by atoms with Crippen molar-refractivity contribution in [2.45, 2.75) is 18.9 Å². The van der Waals surface area contributed by atoms with Crippen LogP contribution < -0.4 is 16.0 Å². The average molecular weight is 359 g/mol. The summed E-state index contributed by atoms with van der Waals surface area (Å²) >= 11 is 5.73. The fourth-order valence-corrected chi connectivity index (χ4v) is 2.56. The Morgan fingerprint density at radius 3 is 2.76 bits per heavy atom. The van der Waals surface area contributed by atoms with Crippen molar-refractivity contribution < 1.29 is 14.4 Å². The lowest BCUT2D eigenvalue weighted by molar-refractivity contribution is -0.118. The van der Waals surface area contributed by atoms with Gasteiger partial charge in [-0.3, -0.25) is 14.4 Å². The van der Waals surface area contributed by atoms with Gasteiger partial charge in [-0.05, 0) is 30.7 Å². The van der Waals surface area contributed by atoms with Crippen LogP contribution in [0.3, 0.4) is 0 Å². The lowest BCUT2D eigenvalue weighted by atomic mass is 10.1. The van der Waals surface area contributed by atoms with Gasteiger partial charge in [0.15, 0.2) is 0 Å². The third-order valence-corrected chi connectivity index (χ3v) is 3.93. The molecule has 0 saturated heterocycles. The monoisotopic (exact) mass is 358 g/mol. The Labute approximate surface area is 148 Å². The van der Waals surface area contributed by atoms with Gasteiger partial charge in [0.1, 0.15) is 11.9 Å². The summed E-state index contributed by atoms with van der Waals surface area (Å²) in [6.07, 6.45) is 1.65. The van der Waals surface area contributed by atoms with Crippen LogP contribution in [0.2, 0.25) is 5.02 Å². The molecule has 25 heavy (non-hydrogen) atoms. The molecule has 0 aliphatic carbocycles. The summed E-state index contributed by atoms with van der Waals surface area (Å²) < 4.78 is 0. The van der Waals surface area contributed by atoms with Crippen LogP contribution in [0.4, 0.5) is 11.5 Å². The molecule has 7 nitrogen and oxygen atoms in total. The molecule has 128 valence electrons. The number of anilines is 2. The number of carbonyl (C=O) groups is 3. The van der Waals surface area contributed by atoms with Crippen molar-refractivity contribution in [3.05, 3.63) is 53.2 Å². The molecule has 0 unspecified atom stereocenters. The van der Waals surface area contributed by atoms with Gasteiger partial charge in [0.05, 0.1) is 16.3 Å². The predicted molar refractivity (Wildman–Crippen MR) is 93.4 cm³/mol. The van der Waals surface area contributed by atoms with Gasteiger partial charge in [-0.2, -0.15) is 0 Å². The topological polar surface area (TPSA) is 100 Å². The number of hydrogen-bond acceptors (Lipinski definition) is 4. The molecule has 1 aliphatic heterocycles. The zero-order chi connectivity index (χ0) is 17.8. The molecular weight excluding hydrogens is 344 g/mol. The van der Waals surface area contributed by atoms with E-state index in [1.807, 2.05) is 0 Å². The molecule has 2 heterocycles. The number of rotatable bonds is 4. The number of pyridine rings is 1. The first-order valence-electron chi connectivity index (χ1n) is 7.65. The maximum Gasteiger partial charge on any atom is 0.254 e. The van der Waals surface area contributed by atoms with Crippen LogP contribution in [-0.2, 0) is 9.59 Å². The highest BCUT2D eigenvalue weighted by molar-refractivity contribution is 6.30. The van der Waals surface area contributed by atoms with Gasteiger partial charge in [-0.25, -0.2) is 4.98 Å². The minimum atomic E-state index is -0.788. The van der Waals surface area contributed by atoms with E-state index in [9.17, 15) is 14.4 Å². The molecule has 0 spiro atoms. The Morgan fingerprint density at radius 1 is 1.20 bits per heavy atom. The van der Waals surface area contributed by atoms with E-state index in [2.05, 4.69) is 20.9 Å². The van der Waals surface area contributed by atoms with Gasteiger partial charge in [0.2, 0.25) is 11.8 Å². The third-order valence-electron chi connectivity index (χ3n) is 3.71. The lowest BCUT2D eigenvalue weighted by Gasteiger charge is -2.14. The first-order chi connectivity index (χ1) is 12.0. The summed E-state index contributed by atoms with van der Waals surface area (Å²) in [6.45, 7) is 0. The van der Waals surface area contributed by atoms with Crippen molar-refractivity contribution in [2.24, 2.45) is 0 Å². The van der Waals surface area contributed by atoms with Crippen molar-refractivity contribution in [2.75, 3.05) is 10.6 Å². The second kappa shape index (κ2) is 7.31. The standard InChI is InChI=1S/C17H15ClN4O3/c18-10-5-7-14(19-9-10)22-15(23)8-6-13-17(25)20-12-4-2-1-3-11(12)16(24)21-13/h1-5,7,9,13H,6,8H2,(H,20,25)(H,21,24)(H,19,22,23)/t13-/m0/s1. The molecule has 1 aromatic heterocycles. The van der Waals surface area contributed by atoms with Crippen molar-refractivity contribution >= 4 is 40.8 Å². The molecule has 3 amide bonds. The Kier molecular flexibility index (Phi) is 4.95. The second-order valence-electron chi connectivity index (χ2n) is 5.51. The maximum atomic E-state index is 12.2. The zero-order valence-electron chi connectivity index (χ0n) is 13.1. The van der Waals surface area contributed by atoms with Gasteiger partial charge < -0.3 is 16.0 Å². The van der Waals surface area contributed by atoms with E-state index < -0.39 is 6.04 Å². The van der Waals surface area contributed by atoms with Gasteiger partial charge in [-0.15, -0.1) is 0 Å². The average Bonchev–Trinajstić information content (AvgIpc) is 2.72. The molecule has 1 aliphatic rings. The van der Waals surface area contributed by atoms with Crippen molar-refractivity contribution in [3.8, 4) is 0 Å². The SMILES string of the molecule is O=C(CC[C@@H]1NC(=O)c2ccccc2NC1=O)Nc1ccc(Cl)cn1. The molecule has 8 heteroatoms. The van der Waals surface area contributed by atoms with E-state index in [0.29, 0.717) is 22.1 Å². The number of nitrogens with zero attached hydrogens (tertiary/aromatic N) is 1. The first-order valence-corrected chi connectivity index (χ1v) is 8.03. The number of aromatic nitrogens is 1. The highest BCUT2D eigenvalue weighted by Crippen LogP contribution is 2.19. The van der Waals surface area contributed by atoms with Crippen LogP contribution in [-0.4, -0.2) is 28.7 Å². The largest absolute Gasteiger partial charge is 0.340 e. The van der Waals surface area contributed by atoms with Gasteiger partial charge in [0, 0.05) is 12.6 Å². The summed E-state index contributed by atoms with van der Waals surface area (Å²) in [4.78, 5) is 40.4. The van der Waals surface area contributed by atoms with E-state index in [4.69, 9.17) is 11.6 Å². The molecule has 0 radical (unpaired) electrons. The summed E-state index contributed by atoms with van der Waals surface area (Å²) in [6, 6.07) is 9.15. The van der Waals surface area contributed by atoms with Gasteiger partial charge >= 0.3 is 0 Å². The number of hydrogen-bond donors (Lipinski definition) is 3. The van der Waals surface area contributed by atoms with E-state index in [1.54, 1.807) is 36.4 Å². The summed E-state index contributed by atoms with van der Waals surface area (Å²) in [7, 11) is 0. The number of nitrogens with one attached hydrogen (secondary N) is 3. The number of fused-ring (bicyclic) bond motifs is 1. The number of para-hydroxylation sites is 1. The van der Waals surface area contributed by atoms with E-state index in [1.165, 1.54) is 6.20 Å². The molecule has 3 rings (SSSR count). The quantitative estimate of drug-likeness (QED) is 0.780. The molecule has 0 saturated carbocycles. The molecule has 3 N–H and O–H groups in total. The second-order valence-corrected chi connectivity index (χ2v) is 5.95. The predicted octanol–water partition coefficient (Wildman–Crippen LogP) is 2.20. The fraction of sp³-hybridized carbons (Fsp3) is 0.176. The summed E-state index contributed by atoms with van der Waals surface area (Å²) in [5, 5.41) is 8.43. The lowest BCUT2D eigenvalue weighted by Crippen LogP contribution is -2.41. The van der Waals surface area contributed by atoms with E-state index >= 15 is 0 Å². The van der Waals surface area contributed by atoms with Crippen molar-refractivity contribution in [1.82, 2.24) is 10.3 Å². The number of amides is 3. The first kappa shape index (κ1) is 16.9. The maximum absolute atomic E-state index is 12.2. The van der Waals surface area contributed by atoms with Crippen molar-refractivity contribution in [3.63, 3.8) is 0 Å². The normalized spacial score (nSPS) is 16.3. The van der Waals surface area contributed by atoms with Gasteiger partial charge in [0.25, 0.3) is 5.91 Å². The Morgan fingerprint density at radius 2 is 2.00 bits per heavy atom. The number of halogens is 1. The van der Waals surface area contributed by atoms with Gasteiger partial charge in [-0.1, -0.05) is 23.7 Å².